The predicted octanol–water partition coefficient (Wildman–Crippen LogP) is 4.99. The third-order valence-electron chi connectivity index (χ3n) is 8.07. The van der Waals surface area contributed by atoms with E-state index < -0.39 is 18.1 Å². The second-order valence-corrected chi connectivity index (χ2v) is 12.1. The van der Waals surface area contributed by atoms with E-state index >= 15 is 0 Å². The lowest BCUT2D eigenvalue weighted by molar-refractivity contribution is -0.160. The highest BCUT2D eigenvalue weighted by Crippen LogP contribution is 2.53. The predicted molar refractivity (Wildman–Crippen MR) is 125 cm³/mol. The van der Waals surface area contributed by atoms with Gasteiger partial charge in [-0.3, -0.25) is 4.79 Å². The number of esters is 1. The molecule has 0 aromatic heterocycles. The lowest BCUT2D eigenvalue weighted by Gasteiger charge is -2.47. The van der Waals surface area contributed by atoms with Gasteiger partial charge in [0.1, 0.15) is 5.54 Å². The number of carbonyl (C=O) groups is 1. The van der Waals surface area contributed by atoms with E-state index in [1.54, 1.807) is 0 Å². The summed E-state index contributed by atoms with van der Waals surface area (Å²) >= 11 is 0. The van der Waals surface area contributed by atoms with Crippen LogP contribution in [0.25, 0.3) is 0 Å². The van der Waals surface area contributed by atoms with Crippen LogP contribution in [0.15, 0.2) is 23.7 Å². The molecule has 2 aliphatic carbocycles. The summed E-state index contributed by atoms with van der Waals surface area (Å²) in [5, 5.41) is 0. The summed E-state index contributed by atoms with van der Waals surface area (Å²) in [5.41, 5.74) is 5.54. The maximum Gasteiger partial charge on any atom is 0.494 e. The highest BCUT2D eigenvalue weighted by molar-refractivity contribution is 6.55. The van der Waals surface area contributed by atoms with Gasteiger partial charge in [-0.1, -0.05) is 39.0 Å². The molecule has 2 N–H and O–H groups in total. The molecular formula is C25H42BNO4. The van der Waals surface area contributed by atoms with Gasteiger partial charge in [0.25, 0.3) is 0 Å². The summed E-state index contributed by atoms with van der Waals surface area (Å²) < 4.78 is 18.1. The standard InChI is InChI=1S/C25H42BNO4/c1-17(2)29-20(28)25(27,16-21(3,4)18-10-11-18)24(9)14-12-19(13-15-24)26-30-22(5,6)23(7,8)31-26/h12-14,17-18H,10-11,15-16,27H2,1-9H3. The molecule has 0 spiro atoms. The first-order valence-electron chi connectivity index (χ1n) is 11.8. The maximum absolute atomic E-state index is 13.4. The van der Waals surface area contributed by atoms with Crippen LogP contribution in [0.3, 0.4) is 0 Å². The Kier molecular flexibility index (Phi) is 6.13. The minimum atomic E-state index is -1.11. The lowest BCUT2D eigenvalue weighted by atomic mass is 9.59. The second kappa shape index (κ2) is 7.74. The Morgan fingerprint density at radius 2 is 1.74 bits per heavy atom. The van der Waals surface area contributed by atoms with Crippen molar-refractivity contribution in [3.63, 3.8) is 0 Å². The Bertz CT molecular complexity index is 764. The molecule has 3 aliphatic rings. The van der Waals surface area contributed by atoms with Gasteiger partial charge in [-0.05, 0) is 84.0 Å². The molecule has 0 amide bonds. The first-order chi connectivity index (χ1) is 14.0. The molecule has 3 rings (SSSR count). The Morgan fingerprint density at radius 3 is 2.16 bits per heavy atom. The lowest BCUT2D eigenvalue weighted by Crippen LogP contribution is -2.62. The van der Waals surface area contributed by atoms with Crippen molar-refractivity contribution in [2.24, 2.45) is 22.5 Å². The Balaban J connectivity index is 1.85. The first kappa shape index (κ1) is 24.5. The van der Waals surface area contributed by atoms with E-state index in [4.69, 9.17) is 19.8 Å². The van der Waals surface area contributed by atoms with Gasteiger partial charge in [0, 0.05) is 5.41 Å². The molecule has 1 aliphatic heterocycles. The van der Waals surface area contributed by atoms with E-state index in [1.165, 1.54) is 12.8 Å². The molecule has 1 saturated carbocycles. The molecule has 0 aromatic rings. The van der Waals surface area contributed by atoms with Crippen molar-refractivity contribution in [3.8, 4) is 0 Å². The molecule has 2 atom stereocenters. The van der Waals surface area contributed by atoms with E-state index in [1.807, 2.05) is 19.9 Å². The van der Waals surface area contributed by atoms with E-state index in [-0.39, 0.29) is 28.7 Å². The van der Waals surface area contributed by atoms with Gasteiger partial charge in [-0.15, -0.1) is 0 Å². The molecule has 174 valence electrons. The molecule has 0 bridgehead atoms. The minimum Gasteiger partial charge on any atom is -0.462 e. The molecule has 2 unspecified atom stereocenters. The van der Waals surface area contributed by atoms with E-state index in [0.29, 0.717) is 18.8 Å². The average Bonchev–Trinajstić information content (AvgIpc) is 3.43. The van der Waals surface area contributed by atoms with Gasteiger partial charge < -0.3 is 19.8 Å². The van der Waals surface area contributed by atoms with Crippen LogP contribution >= 0.6 is 0 Å². The van der Waals surface area contributed by atoms with Gasteiger partial charge in [-0.2, -0.15) is 0 Å². The third kappa shape index (κ3) is 4.53. The van der Waals surface area contributed by atoms with Crippen LogP contribution in [0.4, 0.5) is 0 Å². The third-order valence-corrected chi connectivity index (χ3v) is 8.07. The summed E-state index contributed by atoms with van der Waals surface area (Å²) in [6, 6.07) is 0. The summed E-state index contributed by atoms with van der Waals surface area (Å²) in [4.78, 5) is 13.4. The van der Waals surface area contributed by atoms with E-state index in [0.717, 1.165) is 5.47 Å². The minimum absolute atomic E-state index is 0.0166. The van der Waals surface area contributed by atoms with E-state index in [9.17, 15) is 4.79 Å². The topological polar surface area (TPSA) is 70.8 Å². The molecule has 31 heavy (non-hydrogen) atoms. The van der Waals surface area contributed by atoms with Gasteiger partial charge in [0.2, 0.25) is 0 Å². The van der Waals surface area contributed by atoms with Crippen LogP contribution in [0.2, 0.25) is 0 Å². The van der Waals surface area contributed by atoms with Crippen LogP contribution in [-0.2, 0) is 18.8 Å². The van der Waals surface area contributed by atoms with Crippen LogP contribution < -0.4 is 5.73 Å². The fraction of sp³-hybridized carbons (Fsp3) is 0.800. The maximum atomic E-state index is 13.4. The second-order valence-electron chi connectivity index (χ2n) is 12.1. The molecular weight excluding hydrogens is 389 g/mol. The first-order valence-corrected chi connectivity index (χ1v) is 11.8. The van der Waals surface area contributed by atoms with Crippen molar-refractivity contribution in [3.05, 3.63) is 23.7 Å². The summed E-state index contributed by atoms with van der Waals surface area (Å²) in [7, 11) is -0.413. The quantitative estimate of drug-likeness (QED) is 0.455. The smallest absolute Gasteiger partial charge is 0.462 e. The van der Waals surface area contributed by atoms with Crippen molar-refractivity contribution < 1.29 is 18.8 Å². The molecule has 0 aromatic carbocycles. The van der Waals surface area contributed by atoms with Crippen LogP contribution in [0.5, 0.6) is 0 Å². The van der Waals surface area contributed by atoms with Crippen LogP contribution in [-0.4, -0.2) is 35.9 Å². The zero-order chi connectivity index (χ0) is 23.5. The summed E-state index contributed by atoms with van der Waals surface area (Å²) in [6.45, 7) is 18.5. The normalized spacial score (nSPS) is 29.6. The fourth-order valence-electron chi connectivity index (χ4n) is 4.79. The number of hydrogen-bond donors (Lipinski definition) is 1. The average molecular weight is 431 g/mol. The van der Waals surface area contributed by atoms with Gasteiger partial charge >= 0.3 is 13.1 Å². The number of allylic oxidation sites excluding steroid dienone is 3. The van der Waals surface area contributed by atoms with Crippen molar-refractivity contribution in [1.82, 2.24) is 0 Å². The molecule has 2 fully saturated rings. The highest BCUT2D eigenvalue weighted by Gasteiger charge is 2.57. The Morgan fingerprint density at radius 1 is 1.19 bits per heavy atom. The largest absolute Gasteiger partial charge is 0.494 e. The van der Waals surface area contributed by atoms with Gasteiger partial charge in [0.05, 0.1) is 17.3 Å². The number of nitrogens with two attached hydrogens (primary N) is 1. The van der Waals surface area contributed by atoms with E-state index in [2.05, 4.69) is 60.6 Å². The molecule has 5 nitrogen and oxygen atoms in total. The monoisotopic (exact) mass is 431 g/mol. The van der Waals surface area contributed by atoms with Crippen molar-refractivity contribution in [2.45, 2.75) is 111 Å². The number of hydrogen-bond acceptors (Lipinski definition) is 5. The molecule has 6 heteroatoms. The Labute approximate surface area is 189 Å². The fourth-order valence-corrected chi connectivity index (χ4v) is 4.79. The zero-order valence-electron chi connectivity index (χ0n) is 21.0. The molecule has 1 saturated heterocycles. The molecule has 0 radical (unpaired) electrons. The summed E-state index contributed by atoms with van der Waals surface area (Å²) in [5.74, 6) is 0.310. The number of carbonyl (C=O) groups excluding carboxylic acids is 1. The van der Waals surface area contributed by atoms with Crippen molar-refractivity contribution >= 4 is 13.1 Å². The van der Waals surface area contributed by atoms with Crippen LogP contribution in [0, 0.1) is 16.7 Å². The zero-order valence-corrected chi connectivity index (χ0v) is 21.0. The highest BCUT2D eigenvalue weighted by atomic mass is 16.7. The summed E-state index contributed by atoms with van der Waals surface area (Å²) in [6.07, 6.45) is 9.67. The van der Waals surface area contributed by atoms with Crippen molar-refractivity contribution in [2.75, 3.05) is 0 Å². The van der Waals surface area contributed by atoms with Gasteiger partial charge in [0.15, 0.2) is 0 Å². The van der Waals surface area contributed by atoms with Crippen LogP contribution in [0.1, 0.15) is 88.0 Å². The number of rotatable bonds is 7. The van der Waals surface area contributed by atoms with Gasteiger partial charge in [-0.25, -0.2) is 0 Å². The SMILES string of the molecule is CC(C)OC(=O)C(N)(CC(C)(C)C1CC1)C1(C)C=CC(B2OC(C)(C)C(C)(C)O2)=CC1. The van der Waals surface area contributed by atoms with Crippen molar-refractivity contribution in [1.29, 1.82) is 0 Å². The molecule has 1 heterocycles. The Hall–Kier alpha value is -1.11. The number of ether oxygens (including phenoxy) is 1.